The van der Waals surface area contributed by atoms with E-state index in [1.54, 1.807) is 17.9 Å². The van der Waals surface area contributed by atoms with E-state index in [-0.39, 0.29) is 39.1 Å². The van der Waals surface area contributed by atoms with E-state index in [1.807, 2.05) is 11.1 Å². The highest BCUT2D eigenvalue weighted by molar-refractivity contribution is 6.30. The molecule has 1 aliphatic heterocycles. The molecule has 1 atom stereocenters. The number of benzene rings is 1. The van der Waals surface area contributed by atoms with Crippen molar-refractivity contribution in [2.24, 2.45) is 7.05 Å². The molecule has 0 amide bonds. The molecule has 37 heavy (non-hydrogen) atoms. The number of hydrogen-bond acceptors (Lipinski definition) is 6. The second kappa shape index (κ2) is 9.42. The number of morpholine rings is 1. The van der Waals surface area contributed by atoms with Crippen LogP contribution in [0.4, 0.5) is 23.4 Å². The summed E-state index contributed by atoms with van der Waals surface area (Å²) in [5.74, 6) is -0.505. The standard InChI is InChI=1S/C24H21ClF4N6O2/c1-13-31-18-8-20(34-5-6-37-19(11-34)14-9-30-33(2)10-14)32-22(16-4-3-15(25)7-17(16)26)21(18)23(36)35(13)12-24(27,28)29/h3-4,7-10,19H,5-6,11-12H2,1-2H3. The lowest BCUT2D eigenvalue weighted by Gasteiger charge is -2.33. The molecule has 0 bridgehead atoms. The molecule has 8 nitrogen and oxygen atoms in total. The molecule has 1 saturated heterocycles. The highest BCUT2D eigenvalue weighted by atomic mass is 35.5. The van der Waals surface area contributed by atoms with E-state index in [1.165, 1.54) is 25.1 Å². The zero-order valence-corrected chi connectivity index (χ0v) is 20.5. The van der Waals surface area contributed by atoms with Crippen molar-refractivity contribution >= 4 is 28.3 Å². The zero-order valence-electron chi connectivity index (χ0n) is 19.8. The summed E-state index contributed by atoms with van der Waals surface area (Å²) in [5, 5.41) is 4.09. The smallest absolute Gasteiger partial charge is 0.370 e. The molecule has 1 aromatic carbocycles. The average Bonchev–Trinajstić information content (AvgIpc) is 3.27. The second-order valence-corrected chi connectivity index (χ2v) is 9.20. The Labute approximate surface area is 213 Å². The van der Waals surface area contributed by atoms with Crippen LogP contribution in [0, 0.1) is 12.7 Å². The maximum atomic E-state index is 15.0. The fourth-order valence-corrected chi connectivity index (χ4v) is 4.56. The Balaban J connectivity index is 1.69. The molecule has 0 N–H and O–H groups in total. The Kier molecular flexibility index (Phi) is 6.40. The Morgan fingerprint density at radius 1 is 1.22 bits per heavy atom. The molecule has 1 fully saturated rings. The van der Waals surface area contributed by atoms with Gasteiger partial charge in [0.15, 0.2) is 0 Å². The largest absolute Gasteiger partial charge is 0.406 e. The molecule has 4 aromatic rings. The second-order valence-electron chi connectivity index (χ2n) is 8.77. The number of alkyl halides is 3. The van der Waals surface area contributed by atoms with Gasteiger partial charge in [-0.3, -0.25) is 14.0 Å². The first kappa shape index (κ1) is 25.2. The monoisotopic (exact) mass is 536 g/mol. The maximum absolute atomic E-state index is 15.0. The van der Waals surface area contributed by atoms with Gasteiger partial charge >= 0.3 is 6.18 Å². The molecule has 5 rings (SSSR count). The van der Waals surface area contributed by atoms with E-state index in [2.05, 4.69) is 15.1 Å². The summed E-state index contributed by atoms with van der Waals surface area (Å²) in [5.41, 5.74) is -0.173. The first-order chi connectivity index (χ1) is 17.5. The summed E-state index contributed by atoms with van der Waals surface area (Å²) in [6.07, 6.45) is -1.43. The van der Waals surface area contributed by atoms with E-state index in [0.717, 1.165) is 11.6 Å². The van der Waals surface area contributed by atoms with Gasteiger partial charge in [-0.2, -0.15) is 18.3 Å². The van der Waals surface area contributed by atoms with Crippen LogP contribution >= 0.6 is 11.6 Å². The molecule has 194 valence electrons. The summed E-state index contributed by atoms with van der Waals surface area (Å²) >= 11 is 5.91. The molecule has 13 heteroatoms. The van der Waals surface area contributed by atoms with Crippen LogP contribution in [0.25, 0.3) is 22.2 Å². The van der Waals surface area contributed by atoms with Crippen molar-refractivity contribution in [2.45, 2.75) is 25.7 Å². The number of aromatic nitrogens is 5. The van der Waals surface area contributed by atoms with Crippen molar-refractivity contribution in [2.75, 3.05) is 24.6 Å². The van der Waals surface area contributed by atoms with Crippen molar-refractivity contribution in [1.82, 2.24) is 24.3 Å². The lowest BCUT2D eigenvalue weighted by Crippen LogP contribution is -2.39. The van der Waals surface area contributed by atoms with Gasteiger partial charge in [-0.05, 0) is 25.1 Å². The summed E-state index contributed by atoms with van der Waals surface area (Å²) < 4.78 is 62.8. The summed E-state index contributed by atoms with van der Waals surface area (Å²) in [7, 11) is 1.79. The average molecular weight is 537 g/mol. The number of rotatable bonds is 4. The van der Waals surface area contributed by atoms with E-state index in [4.69, 9.17) is 16.3 Å². The van der Waals surface area contributed by atoms with Crippen molar-refractivity contribution in [3.8, 4) is 11.3 Å². The van der Waals surface area contributed by atoms with Crippen LogP contribution < -0.4 is 10.5 Å². The van der Waals surface area contributed by atoms with Crippen LogP contribution in [0.3, 0.4) is 0 Å². The van der Waals surface area contributed by atoms with E-state index >= 15 is 4.39 Å². The van der Waals surface area contributed by atoms with Gasteiger partial charge in [-0.25, -0.2) is 14.4 Å². The summed E-state index contributed by atoms with van der Waals surface area (Å²) in [6, 6.07) is 5.35. The van der Waals surface area contributed by atoms with Crippen molar-refractivity contribution in [1.29, 1.82) is 0 Å². The molecule has 1 aliphatic rings. The number of hydrogen-bond donors (Lipinski definition) is 0. The van der Waals surface area contributed by atoms with Gasteiger partial charge in [0.2, 0.25) is 0 Å². The van der Waals surface area contributed by atoms with E-state index < -0.39 is 24.1 Å². The van der Waals surface area contributed by atoms with Crippen LogP contribution in [0.15, 0.2) is 41.5 Å². The Morgan fingerprint density at radius 3 is 2.68 bits per heavy atom. The van der Waals surface area contributed by atoms with Crippen LogP contribution in [0.5, 0.6) is 0 Å². The topological polar surface area (TPSA) is 78.1 Å². The normalized spacial score (nSPS) is 16.5. The Morgan fingerprint density at radius 2 is 2.00 bits per heavy atom. The van der Waals surface area contributed by atoms with Crippen LogP contribution in [0.2, 0.25) is 5.02 Å². The number of fused-ring (bicyclic) bond motifs is 1. The lowest BCUT2D eigenvalue weighted by molar-refractivity contribution is -0.141. The minimum Gasteiger partial charge on any atom is -0.370 e. The van der Waals surface area contributed by atoms with Crippen molar-refractivity contribution in [3.05, 3.63) is 69.2 Å². The molecule has 3 aromatic heterocycles. The van der Waals surface area contributed by atoms with E-state index in [9.17, 15) is 18.0 Å². The Bertz CT molecular complexity index is 1550. The minimum absolute atomic E-state index is 0.0744. The SMILES string of the molecule is Cc1nc2cc(N3CCOC(c4cnn(C)c4)C3)nc(-c3ccc(Cl)cc3F)c2c(=O)n1CC(F)(F)F. The number of anilines is 1. The molecule has 0 aliphatic carbocycles. The molecular formula is C24H21ClF4N6O2. The predicted molar refractivity (Wildman–Crippen MR) is 129 cm³/mol. The molecule has 0 radical (unpaired) electrons. The molecule has 0 spiro atoms. The van der Waals surface area contributed by atoms with Gasteiger partial charge in [0, 0.05) is 48.5 Å². The quantitative estimate of drug-likeness (QED) is 0.359. The highest BCUT2D eigenvalue weighted by Gasteiger charge is 2.31. The minimum atomic E-state index is -4.65. The Hall–Kier alpha value is -3.51. The van der Waals surface area contributed by atoms with Gasteiger partial charge in [-0.15, -0.1) is 0 Å². The van der Waals surface area contributed by atoms with Crippen molar-refractivity contribution < 1.29 is 22.3 Å². The molecule has 4 heterocycles. The van der Waals surface area contributed by atoms with Gasteiger partial charge in [0.25, 0.3) is 5.56 Å². The van der Waals surface area contributed by atoms with Gasteiger partial charge in [0.05, 0.1) is 29.4 Å². The maximum Gasteiger partial charge on any atom is 0.406 e. The fourth-order valence-electron chi connectivity index (χ4n) is 4.40. The lowest BCUT2D eigenvalue weighted by atomic mass is 10.1. The number of aryl methyl sites for hydroxylation is 2. The fraction of sp³-hybridized carbons (Fsp3) is 0.333. The summed E-state index contributed by atoms with van der Waals surface area (Å²) in [6.45, 7) is 0.992. The number of pyridine rings is 1. The van der Waals surface area contributed by atoms with Gasteiger partial charge in [0.1, 0.15) is 30.1 Å². The van der Waals surface area contributed by atoms with Crippen LogP contribution in [-0.2, 0) is 18.3 Å². The zero-order chi connectivity index (χ0) is 26.5. The molecule has 0 saturated carbocycles. The molecule has 1 unspecified atom stereocenters. The third kappa shape index (κ3) is 5.03. The number of halogens is 5. The molecular weight excluding hydrogens is 516 g/mol. The van der Waals surface area contributed by atoms with Crippen molar-refractivity contribution in [3.63, 3.8) is 0 Å². The van der Waals surface area contributed by atoms with Crippen LogP contribution in [-0.4, -0.2) is 50.2 Å². The van der Waals surface area contributed by atoms with Gasteiger partial charge < -0.3 is 9.64 Å². The number of ether oxygens (including phenoxy) is 1. The first-order valence-corrected chi connectivity index (χ1v) is 11.7. The first-order valence-electron chi connectivity index (χ1n) is 11.3. The third-order valence-electron chi connectivity index (χ3n) is 6.13. The van der Waals surface area contributed by atoms with E-state index in [0.29, 0.717) is 30.1 Å². The van der Waals surface area contributed by atoms with Gasteiger partial charge in [-0.1, -0.05) is 11.6 Å². The highest BCUT2D eigenvalue weighted by Crippen LogP contribution is 2.33. The number of nitrogens with zero attached hydrogens (tertiary/aromatic N) is 6. The predicted octanol–water partition coefficient (Wildman–Crippen LogP) is 4.43. The third-order valence-corrected chi connectivity index (χ3v) is 6.36. The summed E-state index contributed by atoms with van der Waals surface area (Å²) in [4.78, 5) is 24.1. The van der Waals surface area contributed by atoms with Crippen LogP contribution in [0.1, 0.15) is 17.5 Å².